The van der Waals surface area contributed by atoms with Crippen LogP contribution in [0.3, 0.4) is 0 Å². The van der Waals surface area contributed by atoms with E-state index in [-0.39, 0.29) is 6.04 Å². The minimum atomic E-state index is -0.382. The molecule has 0 aliphatic heterocycles. The molecule has 0 amide bonds. The van der Waals surface area contributed by atoms with Crippen molar-refractivity contribution in [2.24, 2.45) is 5.73 Å². The molecule has 0 aliphatic rings. The van der Waals surface area contributed by atoms with Crippen molar-refractivity contribution in [1.29, 1.82) is 0 Å². The Bertz CT molecular complexity index is 781. The Kier molecular flexibility index (Phi) is 3.59. The first kappa shape index (κ1) is 13.7. The molecule has 2 nitrogen and oxygen atoms in total. The molecule has 0 radical (unpaired) electrons. The lowest BCUT2D eigenvalue weighted by molar-refractivity contribution is 0.525. The van der Waals surface area contributed by atoms with E-state index < -0.39 is 0 Å². The molecule has 1 aromatic heterocycles. The van der Waals surface area contributed by atoms with E-state index in [2.05, 4.69) is 28.9 Å². The molecule has 0 bridgehead atoms. The highest BCUT2D eigenvalue weighted by Gasteiger charge is 2.18. The summed E-state index contributed by atoms with van der Waals surface area (Å²) in [5, 5.41) is 1.68. The van der Waals surface area contributed by atoms with Crippen LogP contribution in [0.25, 0.3) is 11.0 Å². The number of benzene rings is 2. The third-order valence-electron chi connectivity index (χ3n) is 3.31. The van der Waals surface area contributed by atoms with E-state index in [0.717, 1.165) is 21.0 Å². The number of nitrogens with two attached hydrogens (primary N) is 1. The number of hydrogen-bond acceptors (Lipinski definition) is 2. The average Bonchev–Trinajstić information content (AvgIpc) is 2.84. The van der Waals surface area contributed by atoms with Gasteiger partial charge in [0.1, 0.15) is 11.3 Å². The minimum absolute atomic E-state index is 0.382. The molecule has 0 saturated carbocycles. The first-order valence-electron chi connectivity index (χ1n) is 6.26. The highest BCUT2D eigenvalue weighted by atomic mass is 79.9. The van der Waals surface area contributed by atoms with E-state index in [1.165, 1.54) is 5.56 Å². The molecule has 0 fully saturated rings. The Balaban J connectivity index is 2.08. The lowest BCUT2D eigenvalue weighted by Crippen LogP contribution is -2.11. The Labute approximate surface area is 130 Å². The normalized spacial score (nSPS) is 12.8. The molecular formula is C16H13BrClNO. The fourth-order valence-electron chi connectivity index (χ4n) is 2.25. The van der Waals surface area contributed by atoms with Crippen LogP contribution in [0.1, 0.15) is 22.9 Å². The minimum Gasteiger partial charge on any atom is -0.459 e. The molecule has 1 heterocycles. The smallest absolute Gasteiger partial charge is 0.134 e. The van der Waals surface area contributed by atoms with Crippen LogP contribution < -0.4 is 5.73 Å². The van der Waals surface area contributed by atoms with Crippen molar-refractivity contribution in [3.8, 4) is 0 Å². The summed E-state index contributed by atoms with van der Waals surface area (Å²) in [5.41, 5.74) is 9.17. The Morgan fingerprint density at radius 3 is 2.80 bits per heavy atom. The van der Waals surface area contributed by atoms with Crippen LogP contribution in [0.5, 0.6) is 0 Å². The van der Waals surface area contributed by atoms with Crippen molar-refractivity contribution in [1.82, 2.24) is 0 Å². The molecular weight excluding hydrogens is 338 g/mol. The van der Waals surface area contributed by atoms with E-state index in [1.807, 2.05) is 36.4 Å². The molecule has 3 aromatic rings. The largest absolute Gasteiger partial charge is 0.459 e. The molecule has 4 heteroatoms. The Hall–Kier alpha value is -1.29. The zero-order chi connectivity index (χ0) is 14.3. The molecule has 20 heavy (non-hydrogen) atoms. The van der Waals surface area contributed by atoms with E-state index in [1.54, 1.807) is 0 Å². The molecule has 0 spiro atoms. The zero-order valence-electron chi connectivity index (χ0n) is 10.9. The van der Waals surface area contributed by atoms with Crippen LogP contribution in [0.4, 0.5) is 0 Å². The quantitative estimate of drug-likeness (QED) is 0.689. The van der Waals surface area contributed by atoms with E-state index in [4.69, 9.17) is 21.8 Å². The maximum Gasteiger partial charge on any atom is 0.134 e. The molecule has 3 rings (SSSR count). The van der Waals surface area contributed by atoms with Gasteiger partial charge in [-0.2, -0.15) is 0 Å². The number of halogens is 2. The lowest BCUT2D eigenvalue weighted by Gasteiger charge is -2.11. The van der Waals surface area contributed by atoms with Crippen LogP contribution >= 0.6 is 27.5 Å². The number of fused-ring (bicyclic) bond motifs is 1. The second-order valence-electron chi connectivity index (χ2n) is 4.81. The van der Waals surface area contributed by atoms with Crippen molar-refractivity contribution in [2.75, 3.05) is 0 Å². The third-order valence-corrected chi connectivity index (χ3v) is 4.62. The second kappa shape index (κ2) is 5.24. The fourth-order valence-corrected chi connectivity index (χ4v) is 2.88. The first-order valence-corrected chi connectivity index (χ1v) is 7.43. The third kappa shape index (κ3) is 2.37. The summed E-state index contributed by atoms with van der Waals surface area (Å²) in [5.74, 6) is 0.714. The van der Waals surface area contributed by atoms with Crippen molar-refractivity contribution in [3.63, 3.8) is 0 Å². The summed E-state index contributed by atoms with van der Waals surface area (Å²) >= 11 is 9.71. The van der Waals surface area contributed by atoms with E-state index in [9.17, 15) is 0 Å². The van der Waals surface area contributed by atoms with Crippen LogP contribution in [0.2, 0.25) is 5.02 Å². The van der Waals surface area contributed by atoms with Crippen molar-refractivity contribution in [3.05, 3.63) is 68.8 Å². The fraction of sp³-hybridized carbons (Fsp3) is 0.125. The molecule has 2 aromatic carbocycles. The number of hydrogen-bond donors (Lipinski definition) is 1. The average molecular weight is 351 g/mol. The number of aryl methyl sites for hydroxylation is 1. The van der Waals surface area contributed by atoms with Gasteiger partial charge in [-0.3, -0.25) is 0 Å². The van der Waals surface area contributed by atoms with Gasteiger partial charge in [-0.05, 0) is 52.7 Å². The van der Waals surface area contributed by atoms with Gasteiger partial charge in [-0.15, -0.1) is 0 Å². The topological polar surface area (TPSA) is 39.2 Å². The van der Waals surface area contributed by atoms with Gasteiger partial charge < -0.3 is 10.2 Å². The predicted octanol–water partition coefficient (Wildman–Crippen LogP) is 5.21. The summed E-state index contributed by atoms with van der Waals surface area (Å²) in [6.45, 7) is 2.05. The van der Waals surface area contributed by atoms with Crippen LogP contribution in [-0.2, 0) is 0 Å². The highest BCUT2D eigenvalue weighted by molar-refractivity contribution is 9.10. The van der Waals surface area contributed by atoms with Gasteiger partial charge in [0.25, 0.3) is 0 Å². The van der Waals surface area contributed by atoms with E-state index in [0.29, 0.717) is 10.8 Å². The monoisotopic (exact) mass is 349 g/mol. The summed E-state index contributed by atoms with van der Waals surface area (Å²) in [6.07, 6.45) is 0. The molecule has 0 saturated heterocycles. The van der Waals surface area contributed by atoms with Crippen LogP contribution in [0, 0.1) is 6.92 Å². The van der Waals surface area contributed by atoms with Crippen molar-refractivity contribution >= 4 is 38.5 Å². The Morgan fingerprint density at radius 2 is 2.00 bits per heavy atom. The second-order valence-corrected chi connectivity index (χ2v) is 6.04. The maximum absolute atomic E-state index is 6.29. The zero-order valence-corrected chi connectivity index (χ0v) is 13.2. The predicted molar refractivity (Wildman–Crippen MR) is 86.1 cm³/mol. The lowest BCUT2D eigenvalue weighted by atomic mass is 10.1. The molecule has 102 valence electrons. The van der Waals surface area contributed by atoms with Gasteiger partial charge in [0.15, 0.2) is 0 Å². The van der Waals surface area contributed by atoms with Crippen molar-refractivity contribution in [2.45, 2.75) is 13.0 Å². The van der Waals surface area contributed by atoms with Crippen molar-refractivity contribution < 1.29 is 4.42 Å². The molecule has 1 atom stereocenters. The Morgan fingerprint density at radius 1 is 1.20 bits per heavy atom. The number of rotatable bonds is 2. The molecule has 2 N–H and O–H groups in total. The van der Waals surface area contributed by atoms with Gasteiger partial charge >= 0.3 is 0 Å². The van der Waals surface area contributed by atoms with Crippen LogP contribution in [-0.4, -0.2) is 0 Å². The summed E-state index contributed by atoms with van der Waals surface area (Å²) < 4.78 is 6.67. The maximum atomic E-state index is 6.29. The molecule has 1 unspecified atom stereocenters. The van der Waals surface area contributed by atoms with Crippen LogP contribution in [0.15, 0.2) is 51.4 Å². The van der Waals surface area contributed by atoms with Gasteiger partial charge in [0.05, 0.1) is 11.1 Å². The number of furan rings is 1. The van der Waals surface area contributed by atoms with E-state index >= 15 is 0 Å². The summed E-state index contributed by atoms with van der Waals surface area (Å²) in [4.78, 5) is 0. The first-order chi connectivity index (χ1) is 9.56. The van der Waals surface area contributed by atoms with Gasteiger partial charge in [-0.1, -0.05) is 35.4 Å². The SMILES string of the molecule is Cc1ccc2oc(C(N)c3cccc(Br)c3Cl)cc2c1. The van der Waals surface area contributed by atoms with Gasteiger partial charge in [0.2, 0.25) is 0 Å². The highest BCUT2D eigenvalue weighted by Crippen LogP contribution is 2.34. The van der Waals surface area contributed by atoms with Gasteiger partial charge in [0, 0.05) is 9.86 Å². The summed E-state index contributed by atoms with van der Waals surface area (Å²) in [6, 6.07) is 13.4. The standard InChI is InChI=1S/C16H13BrClNO/c1-9-5-6-13-10(7-9)8-14(20-13)16(19)11-3-2-4-12(17)15(11)18/h2-8,16H,19H2,1H3. The van der Waals surface area contributed by atoms with Gasteiger partial charge in [-0.25, -0.2) is 0 Å². The molecule has 0 aliphatic carbocycles. The summed E-state index contributed by atoms with van der Waals surface area (Å²) in [7, 11) is 0.